The third-order valence-electron chi connectivity index (χ3n) is 4.25. The number of nitrogens with one attached hydrogen (secondary N) is 1. The number of aromatic nitrogens is 2. The summed E-state index contributed by atoms with van der Waals surface area (Å²) >= 11 is 1.62. The summed E-state index contributed by atoms with van der Waals surface area (Å²) in [7, 11) is 0. The third-order valence-corrected chi connectivity index (χ3v) is 5.19. The van der Waals surface area contributed by atoms with E-state index in [9.17, 15) is 4.79 Å². The molecule has 0 saturated carbocycles. The smallest absolute Gasteiger partial charge is 0.251 e. The van der Waals surface area contributed by atoms with Crippen LogP contribution in [0, 0.1) is 6.92 Å². The molecular weight excluding hydrogens is 320 g/mol. The number of nitrogens with zero attached hydrogens (tertiary/aromatic N) is 3. The molecule has 0 spiro atoms. The molecular formula is C18H18N4OS. The molecule has 4 rings (SSSR count). The lowest BCUT2D eigenvalue weighted by Gasteiger charge is -2.17. The first-order valence-corrected chi connectivity index (χ1v) is 8.85. The Labute approximate surface area is 144 Å². The lowest BCUT2D eigenvalue weighted by atomic mass is 10.2. The maximum absolute atomic E-state index is 12.5. The van der Waals surface area contributed by atoms with Crippen LogP contribution in [-0.2, 0) is 0 Å². The molecule has 0 unspecified atom stereocenters. The second kappa shape index (κ2) is 6.20. The van der Waals surface area contributed by atoms with Crippen LogP contribution in [0.3, 0.4) is 0 Å². The molecule has 1 N–H and O–H groups in total. The predicted octanol–water partition coefficient (Wildman–Crippen LogP) is 3.01. The van der Waals surface area contributed by atoms with Crippen molar-refractivity contribution in [3.8, 4) is 0 Å². The summed E-state index contributed by atoms with van der Waals surface area (Å²) < 4.78 is 1.06. The molecule has 1 aliphatic rings. The van der Waals surface area contributed by atoms with Crippen molar-refractivity contribution >= 4 is 33.3 Å². The number of benzene rings is 1. The van der Waals surface area contributed by atoms with Gasteiger partial charge in [0.25, 0.3) is 5.91 Å². The van der Waals surface area contributed by atoms with Crippen LogP contribution < -0.4 is 10.2 Å². The molecule has 24 heavy (non-hydrogen) atoms. The van der Waals surface area contributed by atoms with Crippen LogP contribution in [0.2, 0.25) is 0 Å². The van der Waals surface area contributed by atoms with Crippen LogP contribution >= 0.6 is 11.3 Å². The van der Waals surface area contributed by atoms with Crippen molar-refractivity contribution in [2.75, 3.05) is 18.0 Å². The first-order valence-electron chi connectivity index (χ1n) is 8.03. The highest BCUT2D eigenvalue weighted by Crippen LogP contribution is 2.23. The number of carbonyl (C=O) groups excluding carboxylic acids is 1. The fraction of sp³-hybridized carbons (Fsp3) is 0.278. The standard InChI is InChI=1S/C18H18N4OS/c1-12-20-15-6-5-13(10-16(15)24-12)18(23)21-14-7-9-22(11-14)17-4-2-3-8-19-17/h2-6,8,10,14H,7,9,11H2,1H3,(H,21,23)/t14-/m1/s1. The van der Waals surface area contributed by atoms with Crippen LogP contribution in [0.1, 0.15) is 21.8 Å². The Hall–Kier alpha value is -2.47. The minimum Gasteiger partial charge on any atom is -0.354 e. The van der Waals surface area contributed by atoms with E-state index in [2.05, 4.69) is 20.2 Å². The Morgan fingerprint density at radius 3 is 3.08 bits per heavy atom. The van der Waals surface area contributed by atoms with Crippen LogP contribution in [-0.4, -0.2) is 35.0 Å². The van der Waals surface area contributed by atoms with E-state index in [0.717, 1.165) is 40.6 Å². The molecule has 1 atom stereocenters. The van der Waals surface area contributed by atoms with E-state index in [0.29, 0.717) is 5.56 Å². The Kier molecular flexibility index (Phi) is 3.90. The van der Waals surface area contributed by atoms with Gasteiger partial charge < -0.3 is 10.2 Å². The maximum Gasteiger partial charge on any atom is 0.251 e. The van der Waals surface area contributed by atoms with Crippen molar-refractivity contribution in [2.24, 2.45) is 0 Å². The van der Waals surface area contributed by atoms with Gasteiger partial charge in [0, 0.05) is 30.9 Å². The molecule has 122 valence electrons. The highest BCUT2D eigenvalue weighted by Gasteiger charge is 2.25. The minimum atomic E-state index is -0.0178. The molecule has 1 saturated heterocycles. The molecule has 3 heterocycles. The molecule has 1 aliphatic heterocycles. The van der Waals surface area contributed by atoms with Gasteiger partial charge >= 0.3 is 0 Å². The number of amides is 1. The van der Waals surface area contributed by atoms with E-state index in [1.807, 2.05) is 43.3 Å². The summed E-state index contributed by atoms with van der Waals surface area (Å²) in [5.41, 5.74) is 1.65. The average molecular weight is 338 g/mol. The van der Waals surface area contributed by atoms with E-state index in [-0.39, 0.29) is 11.9 Å². The van der Waals surface area contributed by atoms with Crippen molar-refractivity contribution in [1.82, 2.24) is 15.3 Å². The molecule has 2 aromatic heterocycles. The zero-order chi connectivity index (χ0) is 16.5. The molecule has 1 amide bonds. The molecule has 0 radical (unpaired) electrons. The molecule has 1 fully saturated rings. The zero-order valence-electron chi connectivity index (χ0n) is 13.4. The lowest BCUT2D eigenvalue weighted by molar-refractivity contribution is 0.0940. The second-order valence-electron chi connectivity index (χ2n) is 6.01. The van der Waals surface area contributed by atoms with Crippen molar-refractivity contribution in [3.63, 3.8) is 0 Å². The minimum absolute atomic E-state index is 0.0178. The zero-order valence-corrected chi connectivity index (χ0v) is 14.2. The quantitative estimate of drug-likeness (QED) is 0.797. The highest BCUT2D eigenvalue weighted by molar-refractivity contribution is 7.18. The largest absolute Gasteiger partial charge is 0.354 e. The van der Waals surface area contributed by atoms with E-state index in [4.69, 9.17) is 0 Å². The number of anilines is 1. The van der Waals surface area contributed by atoms with Gasteiger partial charge in [-0.25, -0.2) is 9.97 Å². The number of aryl methyl sites for hydroxylation is 1. The summed E-state index contributed by atoms with van der Waals surface area (Å²) in [6, 6.07) is 11.8. The molecule has 0 bridgehead atoms. The van der Waals surface area contributed by atoms with Gasteiger partial charge in [-0.15, -0.1) is 11.3 Å². The predicted molar refractivity (Wildman–Crippen MR) is 96.7 cm³/mol. The van der Waals surface area contributed by atoms with Gasteiger partial charge in [0.05, 0.1) is 15.2 Å². The van der Waals surface area contributed by atoms with E-state index in [1.54, 1.807) is 17.5 Å². The molecule has 5 nitrogen and oxygen atoms in total. The number of fused-ring (bicyclic) bond motifs is 1. The highest BCUT2D eigenvalue weighted by atomic mass is 32.1. The van der Waals surface area contributed by atoms with Crippen molar-refractivity contribution in [2.45, 2.75) is 19.4 Å². The van der Waals surface area contributed by atoms with Crippen LogP contribution in [0.4, 0.5) is 5.82 Å². The summed E-state index contributed by atoms with van der Waals surface area (Å²) in [5, 5.41) is 4.16. The molecule has 0 aliphatic carbocycles. The van der Waals surface area contributed by atoms with Gasteiger partial charge in [-0.2, -0.15) is 0 Å². The summed E-state index contributed by atoms with van der Waals surface area (Å²) in [6.45, 7) is 3.69. The van der Waals surface area contributed by atoms with E-state index in [1.165, 1.54) is 0 Å². The van der Waals surface area contributed by atoms with Gasteiger partial charge in [-0.3, -0.25) is 4.79 Å². The lowest BCUT2D eigenvalue weighted by Crippen LogP contribution is -2.37. The first-order chi connectivity index (χ1) is 11.7. The number of rotatable bonds is 3. The third kappa shape index (κ3) is 2.97. The van der Waals surface area contributed by atoms with Crippen LogP contribution in [0.5, 0.6) is 0 Å². The van der Waals surface area contributed by atoms with Gasteiger partial charge in [-0.1, -0.05) is 6.07 Å². The van der Waals surface area contributed by atoms with Crippen molar-refractivity contribution in [3.05, 3.63) is 53.2 Å². The van der Waals surface area contributed by atoms with Gasteiger partial charge in [0.15, 0.2) is 0 Å². The number of thiazole rings is 1. The average Bonchev–Trinajstić information content (AvgIpc) is 3.20. The normalized spacial score (nSPS) is 17.4. The van der Waals surface area contributed by atoms with Gasteiger partial charge in [-0.05, 0) is 43.7 Å². The molecule has 6 heteroatoms. The summed E-state index contributed by atoms with van der Waals surface area (Å²) in [6.07, 6.45) is 2.73. The Morgan fingerprint density at radius 2 is 2.25 bits per heavy atom. The number of carbonyl (C=O) groups is 1. The monoisotopic (exact) mass is 338 g/mol. The van der Waals surface area contributed by atoms with Gasteiger partial charge in [0.2, 0.25) is 0 Å². The number of hydrogen-bond donors (Lipinski definition) is 1. The number of pyridine rings is 1. The van der Waals surface area contributed by atoms with E-state index >= 15 is 0 Å². The van der Waals surface area contributed by atoms with Crippen molar-refractivity contribution in [1.29, 1.82) is 0 Å². The Bertz CT molecular complexity index is 877. The number of hydrogen-bond acceptors (Lipinski definition) is 5. The SMILES string of the molecule is Cc1nc2ccc(C(=O)N[C@@H]3CCN(c4ccccn4)C3)cc2s1. The maximum atomic E-state index is 12.5. The van der Waals surface area contributed by atoms with Crippen LogP contribution in [0.25, 0.3) is 10.2 Å². The fourth-order valence-corrected chi connectivity index (χ4v) is 3.94. The Morgan fingerprint density at radius 1 is 1.33 bits per heavy atom. The summed E-state index contributed by atoms with van der Waals surface area (Å²) in [5.74, 6) is 0.951. The van der Waals surface area contributed by atoms with Crippen molar-refractivity contribution < 1.29 is 4.79 Å². The molecule has 3 aromatic rings. The topological polar surface area (TPSA) is 58.1 Å². The first kappa shape index (κ1) is 15.1. The van der Waals surface area contributed by atoms with Gasteiger partial charge in [0.1, 0.15) is 5.82 Å². The molecule has 1 aromatic carbocycles. The Balaban J connectivity index is 1.44. The fourth-order valence-electron chi connectivity index (χ4n) is 3.08. The summed E-state index contributed by atoms with van der Waals surface area (Å²) in [4.78, 5) is 23.6. The van der Waals surface area contributed by atoms with Crippen LogP contribution in [0.15, 0.2) is 42.6 Å². The van der Waals surface area contributed by atoms with E-state index < -0.39 is 0 Å². The second-order valence-corrected chi connectivity index (χ2v) is 7.24.